The number of carbonyl (C=O) groups is 1. The number of benzene rings is 2. The number of alkyl halides is 3. The molecule has 0 atom stereocenters. The van der Waals surface area contributed by atoms with E-state index in [0.29, 0.717) is 12.1 Å². The van der Waals surface area contributed by atoms with Gasteiger partial charge in [0.15, 0.2) is 5.75 Å². The van der Waals surface area contributed by atoms with Gasteiger partial charge in [-0.3, -0.25) is 4.79 Å². The molecule has 0 saturated carbocycles. The molecule has 0 spiro atoms. The molecule has 1 amide bonds. The Kier molecular flexibility index (Phi) is 4.77. The van der Waals surface area contributed by atoms with Crippen LogP contribution in [0.4, 0.5) is 13.2 Å². The molecule has 10 heteroatoms. The Bertz CT molecular complexity index is 897. The minimum Gasteiger partial charge on any atom is -0.378 e. The fourth-order valence-corrected chi connectivity index (χ4v) is 3.23. The molecule has 24 heavy (non-hydrogen) atoms. The predicted octanol–water partition coefficient (Wildman–Crippen LogP) is 3.23. The molecule has 0 aliphatic heterocycles. The number of halogens is 4. The first kappa shape index (κ1) is 18.1. The van der Waals surface area contributed by atoms with Gasteiger partial charge in [-0.15, -0.1) is 0 Å². The van der Waals surface area contributed by atoms with E-state index in [2.05, 4.69) is 0 Å². The van der Waals surface area contributed by atoms with Crippen molar-refractivity contribution >= 4 is 27.6 Å². The Hall–Kier alpha value is -2.26. The molecule has 5 nitrogen and oxygen atoms in total. The van der Waals surface area contributed by atoms with Gasteiger partial charge < -0.3 is 9.92 Å². The fraction of sp³-hybridized carbons (Fsp3) is 0.0714. The van der Waals surface area contributed by atoms with E-state index in [4.69, 9.17) is 21.5 Å². The van der Waals surface area contributed by atoms with E-state index in [1.165, 1.54) is 18.2 Å². The topological polar surface area (TPSA) is 86.5 Å². The van der Waals surface area contributed by atoms with Crippen LogP contribution in [0.25, 0.3) is 0 Å². The van der Waals surface area contributed by atoms with Crippen molar-refractivity contribution in [2.75, 3.05) is 0 Å². The Morgan fingerprint density at radius 3 is 2.33 bits per heavy atom. The SMILES string of the molecule is NC(=O)c1ccccc1OS(=O)(=O)c1cc(C(F)(F)F)ccc1Cl. The number of para-hydroxylation sites is 1. The van der Waals surface area contributed by atoms with Crippen LogP contribution < -0.4 is 9.92 Å². The van der Waals surface area contributed by atoms with Crippen molar-refractivity contribution in [3.63, 3.8) is 0 Å². The van der Waals surface area contributed by atoms with E-state index in [-0.39, 0.29) is 5.56 Å². The number of hydrogen-bond donors (Lipinski definition) is 1. The molecule has 0 bridgehead atoms. The van der Waals surface area contributed by atoms with Crippen molar-refractivity contribution in [3.05, 3.63) is 58.6 Å². The van der Waals surface area contributed by atoms with Gasteiger partial charge in [0.1, 0.15) is 4.90 Å². The molecular weight excluding hydrogens is 371 g/mol. The summed E-state index contributed by atoms with van der Waals surface area (Å²) >= 11 is 5.68. The molecule has 0 saturated heterocycles. The highest BCUT2D eigenvalue weighted by atomic mass is 35.5. The van der Waals surface area contributed by atoms with E-state index in [9.17, 15) is 26.4 Å². The Labute approximate surface area is 139 Å². The molecule has 2 rings (SSSR count). The summed E-state index contributed by atoms with van der Waals surface area (Å²) in [5, 5.41) is -0.459. The second-order valence-electron chi connectivity index (χ2n) is 4.54. The summed E-state index contributed by atoms with van der Waals surface area (Å²) in [6.45, 7) is 0. The van der Waals surface area contributed by atoms with Crippen molar-refractivity contribution in [1.29, 1.82) is 0 Å². The quantitative estimate of drug-likeness (QED) is 0.826. The first-order valence-corrected chi connectivity index (χ1v) is 8.01. The van der Waals surface area contributed by atoms with Crippen molar-refractivity contribution < 1.29 is 30.6 Å². The lowest BCUT2D eigenvalue weighted by atomic mass is 10.2. The van der Waals surface area contributed by atoms with E-state index in [1.54, 1.807) is 0 Å². The molecule has 0 heterocycles. The van der Waals surface area contributed by atoms with Crippen molar-refractivity contribution in [2.24, 2.45) is 5.73 Å². The van der Waals surface area contributed by atoms with Crippen LogP contribution >= 0.6 is 11.6 Å². The third-order valence-corrected chi connectivity index (χ3v) is 4.60. The largest absolute Gasteiger partial charge is 0.416 e. The predicted molar refractivity (Wildman–Crippen MR) is 79.2 cm³/mol. The van der Waals surface area contributed by atoms with Crippen LogP contribution in [0.1, 0.15) is 15.9 Å². The van der Waals surface area contributed by atoms with Crippen molar-refractivity contribution in [2.45, 2.75) is 11.1 Å². The number of hydrogen-bond acceptors (Lipinski definition) is 4. The summed E-state index contributed by atoms with van der Waals surface area (Å²) in [5.74, 6) is -1.38. The summed E-state index contributed by atoms with van der Waals surface area (Å²) in [4.78, 5) is 10.4. The molecule has 0 unspecified atom stereocenters. The molecule has 0 fully saturated rings. The molecule has 2 aromatic rings. The molecule has 2 aromatic carbocycles. The van der Waals surface area contributed by atoms with Gasteiger partial charge in [-0.05, 0) is 30.3 Å². The van der Waals surface area contributed by atoms with E-state index in [1.807, 2.05) is 0 Å². The van der Waals surface area contributed by atoms with Crippen LogP contribution in [-0.2, 0) is 16.3 Å². The second-order valence-corrected chi connectivity index (χ2v) is 6.46. The van der Waals surface area contributed by atoms with Crippen LogP contribution in [0.3, 0.4) is 0 Å². The third kappa shape index (κ3) is 3.80. The number of primary amides is 1. The Balaban J connectivity index is 2.51. The third-order valence-electron chi connectivity index (χ3n) is 2.88. The van der Waals surface area contributed by atoms with Gasteiger partial charge >= 0.3 is 16.3 Å². The maximum absolute atomic E-state index is 12.7. The van der Waals surface area contributed by atoms with Crippen LogP contribution in [0.15, 0.2) is 47.4 Å². The lowest BCUT2D eigenvalue weighted by molar-refractivity contribution is -0.137. The molecule has 0 radical (unpaired) electrons. The highest BCUT2D eigenvalue weighted by molar-refractivity contribution is 7.87. The summed E-state index contributed by atoms with van der Waals surface area (Å²) in [6, 6.07) is 6.91. The van der Waals surface area contributed by atoms with Gasteiger partial charge in [-0.25, -0.2) is 0 Å². The second kappa shape index (κ2) is 6.33. The van der Waals surface area contributed by atoms with Crippen LogP contribution in [0, 0.1) is 0 Å². The average molecular weight is 380 g/mol. The van der Waals surface area contributed by atoms with Gasteiger partial charge in [0.25, 0.3) is 5.91 Å². The molecule has 2 N–H and O–H groups in total. The lowest BCUT2D eigenvalue weighted by Crippen LogP contribution is -2.17. The Morgan fingerprint density at radius 2 is 1.75 bits per heavy atom. The number of rotatable bonds is 4. The lowest BCUT2D eigenvalue weighted by Gasteiger charge is -2.13. The minimum absolute atomic E-state index is 0.246. The van der Waals surface area contributed by atoms with Crippen LogP contribution in [-0.4, -0.2) is 14.3 Å². The zero-order chi connectivity index (χ0) is 18.1. The maximum atomic E-state index is 12.7. The van der Waals surface area contributed by atoms with Crippen molar-refractivity contribution in [1.82, 2.24) is 0 Å². The van der Waals surface area contributed by atoms with Gasteiger partial charge in [-0.2, -0.15) is 21.6 Å². The van der Waals surface area contributed by atoms with Gasteiger partial charge in [0.05, 0.1) is 16.1 Å². The minimum atomic E-state index is -4.76. The number of carbonyl (C=O) groups excluding carboxylic acids is 1. The van der Waals surface area contributed by atoms with E-state index < -0.39 is 43.4 Å². The van der Waals surface area contributed by atoms with Gasteiger partial charge in [-0.1, -0.05) is 23.7 Å². The first-order chi connectivity index (χ1) is 11.0. The first-order valence-electron chi connectivity index (χ1n) is 6.22. The molecule has 0 aliphatic carbocycles. The normalized spacial score (nSPS) is 12.0. The van der Waals surface area contributed by atoms with Gasteiger partial charge in [0.2, 0.25) is 0 Å². The molecule has 0 aliphatic rings. The Morgan fingerprint density at radius 1 is 1.12 bits per heavy atom. The smallest absolute Gasteiger partial charge is 0.378 e. The highest BCUT2D eigenvalue weighted by Gasteiger charge is 2.33. The van der Waals surface area contributed by atoms with Crippen molar-refractivity contribution in [3.8, 4) is 5.75 Å². The summed E-state index contributed by atoms with van der Waals surface area (Å²) in [6.07, 6.45) is -4.76. The average Bonchev–Trinajstić information content (AvgIpc) is 2.46. The number of amides is 1. The zero-order valence-corrected chi connectivity index (χ0v) is 13.2. The van der Waals surface area contributed by atoms with E-state index >= 15 is 0 Å². The highest BCUT2D eigenvalue weighted by Crippen LogP contribution is 2.34. The van der Waals surface area contributed by atoms with E-state index in [0.717, 1.165) is 12.1 Å². The summed E-state index contributed by atoms with van der Waals surface area (Å²) in [5.41, 5.74) is 3.64. The maximum Gasteiger partial charge on any atom is 0.416 e. The molecule has 0 aromatic heterocycles. The molecular formula is C14H9ClF3NO4S. The molecule has 128 valence electrons. The standard InChI is InChI=1S/C14H9ClF3NO4S/c15-10-6-5-8(14(16,17)18)7-12(10)24(21,22)23-11-4-2-1-3-9(11)13(19)20/h1-7H,(H2,19,20). The van der Waals surface area contributed by atoms with Gasteiger partial charge in [0, 0.05) is 0 Å². The summed E-state index contributed by atoms with van der Waals surface area (Å²) < 4.78 is 67.5. The monoisotopic (exact) mass is 379 g/mol. The number of nitrogens with two attached hydrogens (primary N) is 1. The zero-order valence-electron chi connectivity index (χ0n) is 11.7. The van der Waals surface area contributed by atoms with Crippen LogP contribution in [0.5, 0.6) is 5.75 Å². The fourth-order valence-electron chi connectivity index (χ4n) is 1.78. The van der Waals surface area contributed by atoms with Crippen LogP contribution in [0.2, 0.25) is 5.02 Å². The summed E-state index contributed by atoms with van der Waals surface area (Å²) in [7, 11) is -4.72.